The predicted octanol–water partition coefficient (Wildman–Crippen LogP) is 1.29. The molecule has 0 aliphatic carbocycles. The molecule has 1 atom stereocenters. The fourth-order valence-corrected chi connectivity index (χ4v) is 1.41. The van der Waals surface area contributed by atoms with Gasteiger partial charge in [-0.1, -0.05) is 26.7 Å². The van der Waals surface area contributed by atoms with Gasteiger partial charge in [-0.15, -0.1) is 0 Å². The van der Waals surface area contributed by atoms with Gasteiger partial charge >= 0.3 is 0 Å². The zero-order valence-corrected chi connectivity index (χ0v) is 8.58. The number of aliphatic hydroxyl groups excluding tert-OH is 1. The van der Waals surface area contributed by atoms with Crippen molar-refractivity contribution < 1.29 is 5.11 Å². The summed E-state index contributed by atoms with van der Waals surface area (Å²) >= 11 is 0. The SMILES string of the molecule is CCC(CC)C(C#N)NCCCO. The van der Waals surface area contributed by atoms with Gasteiger partial charge in [-0.25, -0.2) is 0 Å². The molecule has 0 saturated heterocycles. The average molecular weight is 184 g/mol. The summed E-state index contributed by atoms with van der Waals surface area (Å²) in [6.45, 7) is 5.12. The fourth-order valence-electron chi connectivity index (χ4n) is 1.41. The molecule has 0 aromatic carbocycles. The van der Waals surface area contributed by atoms with E-state index >= 15 is 0 Å². The normalized spacial score (nSPS) is 12.8. The maximum Gasteiger partial charge on any atom is 0.0981 e. The number of hydrogen-bond donors (Lipinski definition) is 2. The highest BCUT2D eigenvalue weighted by Gasteiger charge is 2.16. The molecule has 3 nitrogen and oxygen atoms in total. The maximum atomic E-state index is 8.88. The van der Waals surface area contributed by atoms with Crippen LogP contribution in [0.5, 0.6) is 0 Å². The van der Waals surface area contributed by atoms with Crippen molar-refractivity contribution in [1.82, 2.24) is 5.32 Å². The molecule has 2 N–H and O–H groups in total. The third-order valence-corrected chi connectivity index (χ3v) is 2.36. The Morgan fingerprint density at radius 3 is 2.38 bits per heavy atom. The second kappa shape index (κ2) is 8.03. The smallest absolute Gasteiger partial charge is 0.0981 e. The Morgan fingerprint density at radius 2 is 2.00 bits per heavy atom. The summed E-state index contributed by atoms with van der Waals surface area (Å²) in [5.74, 6) is 0.434. The van der Waals surface area contributed by atoms with Crippen molar-refractivity contribution in [3.63, 3.8) is 0 Å². The third-order valence-electron chi connectivity index (χ3n) is 2.36. The molecular weight excluding hydrogens is 164 g/mol. The summed E-state index contributed by atoms with van der Waals surface area (Å²) in [4.78, 5) is 0. The summed E-state index contributed by atoms with van der Waals surface area (Å²) in [5, 5.41) is 20.6. The Balaban J connectivity index is 3.80. The van der Waals surface area contributed by atoms with Gasteiger partial charge in [0.15, 0.2) is 0 Å². The zero-order chi connectivity index (χ0) is 10.1. The van der Waals surface area contributed by atoms with E-state index in [1.54, 1.807) is 0 Å². The molecule has 0 fully saturated rings. The molecule has 76 valence electrons. The van der Waals surface area contributed by atoms with Crippen molar-refractivity contribution in [3.8, 4) is 6.07 Å². The highest BCUT2D eigenvalue weighted by Crippen LogP contribution is 2.12. The van der Waals surface area contributed by atoms with Crippen molar-refractivity contribution >= 4 is 0 Å². The lowest BCUT2D eigenvalue weighted by Crippen LogP contribution is -2.35. The van der Waals surface area contributed by atoms with E-state index in [-0.39, 0.29) is 12.6 Å². The van der Waals surface area contributed by atoms with Gasteiger partial charge in [0.25, 0.3) is 0 Å². The van der Waals surface area contributed by atoms with Crippen molar-refractivity contribution in [3.05, 3.63) is 0 Å². The first-order valence-electron chi connectivity index (χ1n) is 5.03. The van der Waals surface area contributed by atoms with Crippen LogP contribution >= 0.6 is 0 Å². The molecule has 1 unspecified atom stereocenters. The Morgan fingerprint density at radius 1 is 1.38 bits per heavy atom. The van der Waals surface area contributed by atoms with Crippen LogP contribution in [-0.2, 0) is 0 Å². The van der Waals surface area contributed by atoms with E-state index in [2.05, 4.69) is 25.2 Å². The second-order valence-corrected chi connectivity index (χ2v) is 3.21. The van der Waals surface area contributed by atoms with Crippen LogP contribution in [0.1, 0.15) is 33.1 Å². The van der Waals surface area contributed by atoms with Gasteiger partial charge in [-0.05, 0) is 18.9 Å². The fraction of sp³-hybridized carbons (Fsp3) is 0.900. The highest BCUT2D eigenvalue weighted by atomic mass is 16.3. The monoisotopic (exact) mass is 184 g/mol. The van der Waals surface area contributed by atoms with E-state index in [9.17, 15) is 0 Å². The highest BCUT2D eigenvalue weighted by molar-refractivity contribution is 4.93. The topological polar surface area (TPSA) is 56.0 Å². The molecule has 0 aromatic heterocycles. The minimum Gasteiger partial charge on any atom is -0.396 e. The molecule has 0 rings (SSSR count). The summed E-state index contributed by atoms with van der Waals surface area (Å²) < 4.78 is 0. The summed E-state index contributed by atoms with van der Waals surface area (Å²) in [6, 6.07) is 2.22. The Labute approximate surface area is 80.8 Å². The van der Waals surface area contributed by atoms with Crippen LogP contribution in [0.2, 0.25) is 0 Å². The van der Waals surface area contributed by atoms with Crippen molar-refractivity contribution in [1.29, 1.82) is 5.26 Å². The van der Waals surface area contributed by atoms with Crippen LogP contribution in [0.25, 0.3) is 0 Å². The van der Waals surface area contributed by atoms with Crippen molar-refractivity contribution in [2.75, 3.05) is 13.2 Å². The van der Waals surface area contributed by atoms with Gasteiger partial charge in [0.2, 0.25) is 0 Å². The second-order valence-electron chi connectivity index (χ2n) is 3.21. The molecular formula is C10H20N2O. The third kappa shape index (κ3) is 4.87. The quantitative estimate of drug-likeness (QED) is 0.586. The van der Waals surface area contributed by atoms with Gasteiger partial charge < -0.3 is 10.4 Å². The van der Waals surface area contributed by atoms with E-state index in [0.29, 0.717) is 5.92 Å². The number of rotatable bonds is 7. The number of aliphatic hydroxyl groups is 1. The summed E-state index contributed by atoms with van der Waals surface area (Å²) in [5.41, 5.74) is 0. The Bertz CT molecular complexity index is 149. The molecule has 0 aliphatic rings. The van der Waals surface area contributed by atoms with Crippen molar-refractivity contribution in [2.45, 2.75) is 39.2 Å². The van der Waals surface area contributed by atoms with Crippen LogP contribution in [0, 0.1) is 17.2 Å². The molecule has 0 heterocycles. The Kier molecular flexibility index (Phi) is 7.66. The maximum absolute atomic E-state index is 8.88. The molecule has 0 aliphatic heterocycles. The van der Waals surface area contributed by atoms with Crippen LogP contribution in [0.4, 0.5) is 0 Å². The lowest BCUT2D eigenvalue weighted by atomic mass is 9.95. The largest absolute Gasteiger partial charge is 0.396 e. The molecule has 13 heavy (non-hydrogen) atoms. The lowest BCUT2D eigenvalue weighted by Gasteiger charge is -2.19. The zero-order valence-electron chi connectivity index (χ0n) is 8.58. The first-order valence-corrected chi connectivity index (χ1v) is 5.03. The molecule has 0 bridgehead atoms. The first-order chi connectivity index (χ1) is 6.29. The summed E-state index contributed by atoms with van der Waals surface area (Å²) in [7, 11) is 0. The molecule has 0 aromatic rings. The van der Waals surface area contributed by atoms with Crippen LogP contribution in [0.15, 0.2) is 0 Å². The number of nitriles is 1. The van der Waals surface area contributed by atoms with Crippen LogP contribution in [0.3, 0.4) is 0 Å². The van der Waals surface area contributed by atoms with Gasteiger partial charge in [0.1, 0.15) is 0 Å². The molecule has 3 heteroatoms. The van der Waals surface area contributed by atoms with E-state index in [1.807, 2.05) is 0 Å². The molecule has 0 amide bonds. The standard InChI is InChI=1S/C10H20N2O/c1-3-9(4-2)10(8-11)12-6-5-7-13/h9-10,12-13H,3-7H2,1-2H3. The van der Waals surface area contributed by atoms with Gasteiger partial charge in [-0.3, -0.25) is 0 Å². The van der Waals surface area contributed by atoms with Gasteiger partial charge in [-0.2, -0.15) is 5.26 Å². The van der Waals surface area contributed by atoms with E-state index in [4.69, 9.17) is 10.4 Å². The molecule has 0 spiro atoms. The van der Waals surface area contributed by atoms with Crippen molar-refractivity contribution in [2.24, 2.45) is 5.92 Å². The Hall–Kier alpha value is -0.590. The van der Waals surface area contributed by atoms with Gasteiger partial charge in [0, 0.05) is 6.61 Å². The van der Waals surface area contributed by atoms with E-state index in [1.165, 1.54) is 0 Å². The molecule has 0 radical (unpaired) electrons. The first kappa shape index (κ1) is 12.4. The number of hydrogen-bond acceptors (Lipinski definition) is 3. The van der Waals surface area contributed by atoms with Gasteiger partial charge in [0.05, 0.1) is 12.1 Å². The number of nitrogens with one attached hydrogen (secondary N) is 1. The molecule has 0 saturated carbocycles. The van der Waals surface area contributed by atoms with E-state index < -0.39 is 0 Å². The average Bonchev–Trinajstić information content (AvgIpc) is 2.17. The van der Waals surface area contributed by atoms with E-state index in [0.717, 1.165) is 25.8 Å². The minimum atomic E-state index is -0.0541. The number of nitrogens with zero attached hydrogens (tertiary/aromatic N) is 1. The van der Waals surface area contributed by atoms with Crippen LogP contribution in [-0.4, -0.2) is 24.3 Å². The summed E-state index contributed by atoms with van der Waals surface area (Å²) in [6.07, 6.45) is 2.78. The predicted molar refractivity (Wildman–Crippen MR) is 53.2 cm³/mol. The van der Waals surface area contributed by atoms with Crippen LogP contribution < -0.4 is 5.32 Å². The minimum absolute atomic E-state index is 0.0541. The lowest BCUT2D eigenvalue weighted by molar-refractivity contribution is 0.280.